The minimum absolute atomic E-state index is 0.491. The highest BCUT2D eigenvalue weighted by molar-refractivity contribution is 5.24. The van der Waals surface area contributed by atoms with Gasteiger partial charge in [-0.3, -0.25) is 0 Å². The Kier molecular flexibility index (Phi) is 2.80. The number of aliphatic hydroxyl groups is 1. The van der Waals surface area contributed by atoms with Crippen molar-refractivity contribution in [3.63, 3.8) is 0 Å². The molecular formula is C9H8F4O. The summed E-state index contributed by atoms with van der Waals surface area (Å²) in [6.07, 6.45) is -5.01. The van der Waals surface area contributed by atoms with E-state index in [1.807, 2.05) is 0 Å². The predicted octanol–water partition coefficient (Wildman–Crippen LogP) is 2.41. The maximum absolute atomic E-state index is 12.3. The molecule has 0 bridgehead atoms. The van der Waals surface area contributed by atoms with Crippen molar-refractivity contribution in [2.75, 3.05) is 6.67 Å². The first-order valence-corrected chi connectivity index (χ1v) is 3.82. The lowest BCUT2D eigenvalue weighted by molar-refractivity contribution is -0.271. The van der Waals surface area contributed by atoms with Crippen LogP contribution in [-0.2, 0) is 5.60 Å². The van der Waals surface area contributed by atoms with Crippen molar-refractivity contribution in [1.29, 1.82) is 0 Å². The van der Waals surface area contributed by atoms with Gasteiger partial charge in [0.1, 0.15) is 6.67 Å². The largest absolute Gasteiger partial charge is 0.424 e. The van der Waals surface area contributed by atoms with Crippen LogP contribution in [-0.4, -0.2) is 18.0 Å². The van der Waals surface area contributed by atoms with Crippen molar-refractivity contribution >= 4 is 0 Å². The van der Waals surface area contributed by atoms with Crippen LogP contribution in [0.5, 0.6) is 0 Å². The van der Waals surface area contributed by atoms with Crippen LogP contribution in [0.1, 0.15) is 5.56 Å². The minimum atomic E-state index is -5.01. The lowest BCUT2D eigenvalue weighted by Crippen LogP contribution is -2.44. The third-order valence-corrected chi connectivity index (χ3v) is 1.91. The molecule has 0 heterocycles. The lowest BCUT2D eigenvalue weighted by atomic mass is 9.95. The minimum Gasteiger partial charge on any atom is -0.374 e. The standard InChI is InChI=1S/C9H8F4O/c10-6-8(14,9(11,12)13)7-4-2-1-3-5-7/h1-5,14H,6H2/t8-/m0/s1. The van der Waals surface area contributed by atoms with Crippen LogP contribution in [0.3, 0.4) is 0 Å². The monoisotopic (exact) mass is 208 g/mol. The molecular weight excluding hydrogens is 200 g/mol. The quantitative estimate of drug-likeness (QED) is 0.740. The van der Waals surface area contributed by atoms with Gasteiger partial charge in [0.25, 0.3) is 0 Å². The Morgan fingerprint density at radius 1 is 1.07 bits per heavy atom. The van der Waals surface area contributed by atoms with Gasteiger partial charge >= 0.3 is 6.18 Å². The summed E-state index contributed by atoms with van der Waals surface area (Å²) < 4.78 is 49.2. The Hall–Kier alpha value is -1.10. The first-order chi connectivity index (χ1) is 6.42. The number of hydrogen-bond acceptors (Lipinski definition) is 1. The molecule has 0 fully saturated rings. The van der Waals surface area contributed by atoms with E-state index in [9.17, 15) is 17.6 Å². The normalized spacial score (nSPS) is 16.4. The summed E-state index contributed by atoms with van der Waals surface area (Å²) in [5.74, 6) is 0. The molecule has 0 saturated heterocycles. The number of benzene rings is 1. The van der Waals surface area contributed by atoms with E-state index in [-0.39, 0.29) is 0 Å². The van der Waals surface area contributed by atoms with E-state index in [4.69, 9.17) is 5.11 Å². The molecule has 78 valence electrons. The van der Waals surface area contributed by atoms with Crippen molar-refractivity contribution < 1.29 is 22.7 Å². The highest BCUT2D eigenvalue weighted by Crippen LogP contribution is 2.38. The summed E-state index contributed by atoms with van der Waals surface area (Å²) in [5, 5.41) is 9.13. The number of halogens is 4. The van der Waals surface area contributed by atoms with Crippen LogP contribution in [0.4, 0.5) is 17.6 Å². The number of alkyl halides is 4. The van der Waals surface area contributed by atoms with Crippen LogP contribution >= 0.6 is 0 Å². The van der Waals surface area contributed by atoms with Crippen molar-refractivity contribution in [2.45, 2.75) is 11.8 Å². The zero-order valence-corrected chi connectivity index (χ0v) is 7.05. The highest BCUT2D eigenvalue weighted by atomic mass is 19.4. The Balaban J connectivity index is 3.15. The van der Waals surface area contributed by atoms with E-state index in [1.165, 1.54) is 18.2 Å². The molecule has 0 spiro atoms. The first-order valence-electron chi connectivity index (χ1n) is 3.82. The second-order valence-electron chi connectivity index (χ2n) is 2.86. The molecule has 1 aromatic rings. The topological polar surface area (TPSA) is 20.2 Å². The summed E-state index contributed by atoms with van der Waals surface area (Å²) >= 11 is 0. The molecule has 0 radical (unpaired) electrons. The fraction of sp³-hybridized carbons (Fsp3) is 0.333. The fourth-order valence-corrected chi connectivity index (χ4v) is 1.03. The molecule has 14 heavy (non-hydrogen) atoms. The maximum Gasteiger partial charge on any atom is 0.424 e. The molecule has 0 aliphatic rings. The number of hydrogen-bond donors (Lipinski definition) is 1. The predicted molar refractivity (Wildman–Crippen MR) is 42.4 cm³/mol. The molecule has 0 aliphatic carbocycles. The molecule has 1 aromatic carbocycles. The second-order valence-corrected chi connectivity index (χ2v) is 2.86. The van der Waals surface area contributed by atoms with Crippen LogP contribution in [0.15, 0.2) is 30.3 Å². The second kappa shape index (κ2) is 3.57. The average molecular weight is 208 g/mol. The Bertz CT molecular complexity index is 295. The summed E-state index contributed by atoms with van der Waals surface area (Å²) in [5.41, 5.74) is -3.89. The molecule has 1 atom stereocenters. The SMILES string of the molecule is O[C@@](CF)(c1ccccc1)C(F)(F)F. The van der Waals surface area contributed by atoms with Gasteiger partial charge in [-0.05, 0) is 5.56 Å². The van der Waals surface area contributed by atoms with Crippen LogP contribution < -0.4 is 0 Å². The van der Waals surface area contributed by atoms with Gasteiger partial charge in [0, 0.05) is 0 Å². The summed E-state index contributed by atoms with van der Waals surface area (Å²) in [4.78, 5) is 0. The van der Waals surface area contributed by atoms with Gasteiger partial charge in [0.05, 0.1) is 0 Å². The average Bonchev–Trinajstić information content (AvgIpc) is 2.16. The highest BCUT2D eigenvalue weighted by Gasteiger charge is 2.55. The van der Waals surface area contributed by atoms with E-state index in [1.54, 1.807) is 0 Å². The van der Waals surface area contributed by atoms with Gasteiger partial charge in [-0.1, -0.05) is 30.3 Å². The molecule has 0 aliphatic heterocycles. The molecule has 1 rings (SSSR count). The van der Waals surface area contributed by atoms with Gasteiger partial charge in [-0.15, -0.1) is 0 Å². The maximum atomic E-state index is 12.3. The summed E-state index contributed by atoms with van der Waals surface area (Å²) in [6.45, 7) is -1.89. The molecule has 0 aromatic heterocycles. The Labute approximate surface area is 78.0 Å². The van der Waals surface area contributed by atoms with Gasteiger partial charge in [-0.2, -0.15) is 13.2 Å². The van der Waals surface area contributed by atoms with Crippen molar-refractivity contribution in [2.24, 2.45) is 0 Å². The molecule has 1 N–H and O–H groups in total. The van der Waals surface area contributed by atoms with Crippen molar-refractivity contribution in [1.82, 2.24) is 0 Å². The van der Waals surface area contributed by atoms with Gasteiger partial charge in [0.15, 0.2) is 0 Å². The summed E-state index contributed by atoms with van der Waals surface area (Å²) in [7, 11) is 0. The van der Waals surface area contributed by atoms with Crippen LogP contribution in [0.25, 0.3) is 0 Å². The van der Waals surface area contributed by atoms with E-state index < -0.39 is 24.0 Å². The molecule has 1 nitrogen and oxygen atoms in total. The number of rotatable bonds is 2. The van der Waals surface area contributed by atoms with E-state index in [2.05, 4.69) is 0 Å². The lowest BCUT2D eigenvalue weighted by Gasteiger charge is -2.27. The zero-order chi connectivity index (χ0) is 10.8. The first kappa shape index (κ1) is 11.0. The summed E-state index contributed by atoms with van der Waals surface area (Å²) in [6, 6.07) is 6.17. The van der Waals surface area contributed by atoms with Gasteiger partial charge in [0.2, 0.25) is 5.60 Å². The van der Waals surface area contributed by atoms with E-state index in [0.29, 0.717) is 0 Å². The van der Waals surface area contributed by atoms with Crippen molar-refractivity contribution in [3.05, 3.63) is 35.9 Å². The van der Waals surface area contributed by atoms with Gasteiger partial charge in [-0.25, -0.2) is 4.39 Å². The third kappa shape index (κ3) is 1.72. The molecule has 0 amide bonds. The van der Waals surface area contributed by atoms with Crippen LogP contribution in [0.2, 0.25) is 0 Å². The molecule has 0 unspecified atom stereocenters. The van der Waals surface area contributed by atoms with E-state index >= 15 is 0 Å². The van der Waals surface area contributed by atoms with Crippen LogP contribution in [0, 0.1) is 0 Å². The van der Waals surface area contributed by atoms with E-state index in [0.717, 1.165) is 12.1 Å². The zero-order valence-electron chi connectivity index (χ0n) is 7.05. The smallest absolute Gasteiger partial charge is 0.374 e. The molecule has 5 heteroatoms. The van der Waals surface area contributed by atoms with Crippen molar-refractivity contribution in [3.8, 4) is 0 Å². The Morgan fingerprint density at radius 3 is 1.93 bits per heavy atom. The third-order valence-electron chi connectivity index (χ3n) is 1.91. The Morgan fingerprint density at radius 2 is 1.57 bits per heavy atom. The van der Waals surface area contributed by atoms with Gasteiger partial charge < -0.3 is 5.11 Å². The fourth-order valence-electron chi connectivity index (χ4n) is 1.03. The molecule has 0 saturated carbocycles.